The van der Waals surface area contributed by atoms with Crippen LogP contribution in [0.4, 0.5) is 25.1 Å². The highest BCUT2D eigenvalue weighted by molar-refractivity contribution is 7.93. The lowest BCUT2D eigenvalue weighted by Gasteiger charge is -2.26. The van der Waals surface area contributed by atoms with Gasteiger partial charge in [-0.1, -0.05) is 6.07 Å². The number of halogens is 2. The molecule has 15 heteroatoms. The van der Waals surface area contributed by atoms with Crippen molar-refractivity contribution in [1.82, 2.24) is 20.1 Å². The Morgan fingerprint density at radius 1 is 1.08 bits per heavy atom. The van der Waals surface area contributed by atoms with Crippen LogP contribution in [-0.4, -0.2) is 73.3 Å². The van der Waals surface area contributed by atoms with Gasteiger partial charge in [0.1, 0.15) is 17.0 Å². The van der Waals surface area contributed by atoms with Crippen molar-refractivity contribution in [2.45, 2.75) is 81.8 Å². The summed E-state index contributed by atoms with van der Waals surface area (Å²) in [5.41, 5.74) is 0.443. The van der Waals surface area contributed by atoms with E-state index in [-0.39, 0.29) is 42.0 Å². The number of hydrogen-bond acceptors (Lipinski definition) is 8. The van der Waals surface area contributed by atoms with E-state index in [0.717, 1.165) is 5.56 Å². The van der Waals surface area contributed by atoms with Crippen molar-refractivity contribution < 1.29 is 32.1 Å². The minimum Gasteiger partial charge on any atom is -0.444 e. The lowest BCUT2D eigenvalue weighted by molar-refractivity contribution is -0.120. The Bertz CT molecular complexity index is 1870. The second-order valence-electron chi connectivity index (χ2n) is 13.5. The number of alkyl halides is 2. The van der Waals surface area contributed by atoms with Gasteiger partial charge in [0.2, 0.25) is 5.92 Å². The molecule has 2 aliphatic rings. The maximum absolute atomic E-state index is 14.3. The lowest BCUT2D eigenvalue weighted by atomic mass is 9.99. The van der Waals surface area contributed by atoms with E-state index in [1.54, 1.807) is 75.0 Å². The maximum atomic E-state index is 14.3. The van der Waals surface area contributed by atoms with Gasteiger partial charge in [-0.15, -0.1) is 0 Å². The highest BCUT2D eigenvalue weighted by Gasteiger charge is 2.52. The van der Waals surface area contributed by atoms with Crippen LogP contribution < -0.4 is 15.5 Å². The number of nitrogens with one attached hydrogen (secondary N) is 2. The Morgan fingerprint density at radius 3 is 2.46 bits per heavy atom. The number of hydrogen-bond donors (Lipinski definition) is 2. The molecule has 3 heterocycles. The van der Waals surface area contributed by atoms with E-state index in [1.807, 2.05) is 0 Å². The van der Waals surface area contributed by atoms with Gasteiger partial charge in [0, 0.05) is 73.3 Å². The van der Waals surface area contributed by atoms with Crippen molar-refractivity contribution >= 4 is 39.1 Å². The third kappa shape index (κ3) is 8.00. The van der Waals surface area contributed by atoms with Crippen LogP contribution in [0.2, 0.25) is 0 Å². The summed E-state index contributed by atoms with van der Waals surface area (Å²) >= 11 is 0. The van der Waals surface area contributed by atoms with Crippen molar-refractivity contribution in [3.63, 3.8) is 0 Å². The number of ether oxygens (including phenoxy) is 1. The van der Waals surface area contributed by atoms with Crippen LogP contribution in [0, 0.1) is 6.92 Å². The number of carbonyl (C=O) groups excluding carboxylic acids is 3. The highest BCUT2D eigenvalue weighted by atomic mass is 32.2. The maximum Gasteiger partial charge on any atom is 0.408 e. The molecule has 48 heavy (non-hydrogen) atoms. The second kappa shape index (κ2) is 12.9. The Hall–Kier alpha value is -4.40. The zero-order valence-corrected chi connectivity index (χ0v) is 28.7. The molecule has 1 aromatic carbocycles. The minimum atomic E-state index is -3.30. The molecule has 1 saturated carbocycles. The molecule has 3 aromatic rings. The lowest BCUT2D eigenvalue weighted by Crippen LogP contribution is -2.45. The van der Waals surface area contributed by atoms with E-state index in [0.29, 0.717) is 36.3 Å². The monoisotopic (exact) mass is 685 g/mol. The molecular formula is C33H41F2N7O5S. The average Bonchev–Trinajstić information content (AvgIpc) is 3.67. The molecular weight excluding hydrogens is 644 g/mol. The van der Waals surface area contributed by atoms with Crippen LogP contribution in [0.1, 0.15) is 68.8 Å². The minimum absolute atomic E-state index is 0.0269. The second-order valence-corrected chi connectivity index (χ2v) is 15.7. The zero-order chi connectivity index (χ0) is 35.1. The molecule has 2 fully saturated rings. The smallest absolute Gasteiger partial charge is 0.408 e. The molecule has 5 rings (SSSR count). The van der Waals surface area contributed by atoms with Crippen LogP contribution in [0.15, 0.2) is 52.1 Å². The molecule has 1 aliphatic heterocycles. The number of aryl methyl sites for hydroxylation is 1. The average molecular weight is 686 g/mol. The predicted octanol–water partition coefficient (Wildman–Crippen LogP) is 5.71. The summed E-state index contributed by atoms with van der Waals surface area (Å²) in [5, 5.41) is 9.65. The number of carbonyl (C=O) groups is 3. The van der Waals surface area contributed by atoms with Crippen molar-refractivity contribution in [2.75, 3.05) is 29.6 Å². The van der Waals surface area contributed by atoms with Gasteiger partial charge in [0.05, 0.1) is 21.5 Å². The molecule has 0 unspecified atom stereocenters. The van der Waals surface area contributed by atoms with Crippen molar-refractivity contribution in [3.8, 4) is 11.1 Å². The number of pyridine rings is 1. The Kier molecular flexibility index (Phi) is 9.38. The molecule has 0 bridgehead atoms. The first-order valence-corrected chi connectivity index (χ1v) is 17.6. The van der Waals surface area contributed by atoms with Crippen LogP contribution in [0.5, 0.6) is 0 Å². The van der Waals surface area contributed by atoms with Gasteiger partial charge in [0.25, 0.3) is 11.8 Å². The molecule has 12 nitrogen and oxygen atoms in total. The van der Waals surface area contributed by atoms with Gasteiger partial charge in [-0.05, 0) is 70.7 Å². The summed E-state index contributed by atoms with van der Waals surface area (Å²) in [7, 11) is -1.53. The summed E-state index contributed by atoms with van der Waals surface area (Å²) in [6, 6.07) is 6.19. The van der Waals surface area contributed by atoms with Gasteiger partial charge in [-0.25, -0.2) is 22.8 Å². The largest absolute Gasteiger partial charge is 0.444 e. The van der Waals surface area contributed by atoms with E-state index in [4.69, 9.17) is 4.74 Å². The molecule has 0 spiro atoms. The molecule has 2 N–H and O–H groups in total. The van der Waals surface area contributed by atoms with Crippen LogP contribution in [0.25, 0.3) is 11.1 Å². The third-order valence-corrected chi connectivity index (χ3v) is 9.91. The summed E-state index contributed by atoms with van der Waals surface area (Å²) in [6.07, 6.45) is 5.92. The first kappa shape index (κ1) is 34.9. The van der Waals surface area contributed by atoms with Crippen molar-refractivity contribution in [2.24, 2.45) is 11.4 Å². The number of rotatable bonds is 7. The number of amides is 3. The Balaban J connectivity index is 1.43. The molecule has 1 atom stereocenters. The zero-order valence-electron chi connectivity index (χ0n) is 27.9. The molecule has 258 valence electrons. The number of alkyl carbamates (subject to hydrolysis) is 1. The van der Waals surface area contributed by atoms with Gasteiger partial charge >= 0.3 is 6.09 Å². The Labute approximate surface area is 278 Å². The van der Waals surface area contributed by atoms with Crippen LogP contribution in [-0.2, 0) is 26.3 Å². The van der Waals surface area contributed by atoms with Gasteiger partial charge in [0.15, 0.2) is 0 Å². The van der Waals surface area contributed by atoms with Gasteiger partial charge < -0.3 is 20.3 Å². The number of anilines is 2. The topological polar surface area (TPSA) is 148 Å². The van der Waals surface area contributed by atoms with Gasteiger partial charge in [-0.3, -0.25) is 14.3 Å². The van der Waals surface area contributed by atoms with E-state index in [1.165, 1.54) is 18.4 Å². The fraction of sp³-hybridized carbons (Fsp3) is 0.485. The van der Waals surface area contributed by atoms with E-state index < -0.39 is 44.7 Å². The van der Waals surface area contributed by atoms with Gasteiger partial charge in [-0.2, -0.15) is 9.46 Å². The van der Waals surface area contributed by atoms with Crippen LogP contribution >= 0.6 is 0 Å². The molecule has 1 saturated heterocycles. The molecule has 0 radical (unpaired) electrons. The summed E-state index contributed by atoms with van der Waals surface area (Å²) in [4.78, 5) is 46.0. The quantitative estimate of drug-likeness (QED) is 0.322. The number of benzene rings is 1. The fourth-order valence-corrected chi connectivity index (χ4v) is 6.82. The summed E-state index contributed by atoms with van der Waals surface area (Å²) in [6.45, 7) is 7.22. The first-order valence-electron chi connectivity index (χ1n) is 15.7. The van der Waals surface area contributed by atoms with Crippen molar-refractivity contribution in [3.05, 3.63) is 54.0 Å². The third-order valence-electron chi connectivity index (χ3n) is 8.27. The van der Waals surface area contributed by atoms with E-state index in [9.17, 15) is 27.4 Å². The summed E-state index contributed by atoms with van der Waals surface area (Å²) in [5.74, 6) is -3.77. The predicted molar refractivity (Wildman–Crippen MR) is 178 cm³/mol. The SMILES string of the molecule is Cc1c(-c2cnn(C)c2)cnc(N2CCCC(F)(F)CC2)c1C(=O)Nc1cccc([S@@](C)(=O)=NC(=O)C2(NC(=O)OC(C)(C)C)CC2)c1. The fourth-order valence-electron chi connectivity index (χ4n) is 5.55. The number of nitrogens with zero attached hydrogens (tertiary/aromatic N) is 5. The Morgan fingerprint density at radius 2 is 1.81 bits per heavy atom. The molecule has 2 aromatic heterocycles. The number of aromatic nitrogens is 3. The molecule has 1 aliphatic carbocycles. The van der Waals surface area contributed by atoms with E-state index in [2.05, 4.69) is 25.1 Å². The standard InChI is InChI=1S/C33H41F2N7O5S/c1-21-25(22-18-37-41(5)20-22)19-36-27(42-15-8-11-33(34,35)14-16-42)26(21)28(43)38-23-9-7-10-24(17-23)48(6,46)40-29(44)32(12-13-32)39-30(45)47-31(2,3)4/h7,9-10,17-20H,8,11-16H2,1-6H3,(H,38,43)(H,39,45)/t48-/m1/s1. The van der Waals surface area contributed by atoms with E-state index >= 15 is 0 Å². The normalized spacial score (nSPS) is 18.2. The highest BCUT2D eigenvalue weighted by Crippen LogP contribution is 2.38. The summed E-state index contributed by atoms with van der Waals surface area (Å²) < 4.78 is 53.2. The molecule has 3 amide bonds. The first-order chi connectivity index (χ1) is 22.4. The van der Waals surface area contributed by atoms with Crippen molar-refractivity contribution in [1.29, 1.82) is 0 Å². The van der Waals surface area contributed by atoms with Crippen LogP contribution in [0.3, 0.4) is 0 Å².